The molecule has 2 aromatic carbocycles. The average molecular weight is 342 g/mol. The molecule has 25 heavy (non-hydrogen) atoms. The number of nitro groups is 2. The SMILES string of the molecule is CCOC(=O)/C(=C/c1ccccc1[N+](=O)[O-])c1ccccc1[N+](=O)[O-]. The van der Waals surface area contributed by atoms with E-state index in [2.05, 4.69) is 0 Å². The zero-order valence-electron chi connectivity index (χ0n) is 13.2. The summed E-state index contributed by atoms with van der Waals surface area (Å²) in [4.78, 5) is 33.5. The van der Waals surface area contributed by atoms with Crippen molar-refractivity contribution < 1.29 is 19.4 Å². The molecule has 0 N–H and O–H groups in total. The van der Waals surface area contributed by atoms with Crippen molar-refractivity contribution in [3.8, 4) is 0 Å². The summed E-state index contributed by atoms with van der Waals surface area (Å²) in [5.41, 5.74) is -0.454. The summed E-state index contributed by atoms with van der Waals surface area (Å²) in [6.45, 7) is 1.66. The van der Waals surface area contributed by atoms with Crippen LogP contribution in [0, 0.1) is 20.2 Å². The molecule has 0 aliphatic heterocycles. The number of benzene rings is 2. The van der Waals surface area contributed by atoms with E-state index in [9.17, 15) is 25.0 Å². The number of ether oxygens (including phenoxy) is 1. The van der Waals surface area contributed by atoms with E-state index in [0.717, 1.165) is 0 Å². The first-order valence-electron chi connectivity index (χ1n) is 7.31. The Hall–Kier alpha value is -3.55. The molecule has 0 fully saturated rings. The van der Waals surface area contributed by atoms with Crippen molar-refractivity contribution in [2.75, 3.05) is 6.61 Å². The van der Waals surface area contributed by atoms with Crippen molar-refractivity contribution in [2.24, 2.45) is 0 Å². The van der Waals surface area contributed by atoms with Crippen molar-refractivity contribution >= 4 is 29.0 Å². The number of para-hydroxylation sites is 2. The Kier molecular flexibility index (Phi) is 5.57. The molecule has 0 aromatic heterocycles. The highest BCUT2D eigenvalue weighted by Gasteiger charge is 2.24. The molecule has 0 radical (unpaired) electrons. The van der Waals surface area contributed by atoms with Gasteiger partial charge >= 0.3 is 5.97 Å². The van der Waals surface area contributed by atoms with Gasteiger partial charge in [0.2, 0.25) is 0 Å². The molecule has 0 spiro atoms. The van der Waals surface area contributed by atoms with E-state index >= 15 is 0 Å². The summed E-state index contributed by atoms with van der Waals surface area (Å²) < 4.78 is 4.97. The van der Waals surface area contributed by atoms with E-state index in [4.69, 9.17) is 4.74 Å². The van der Waals surface area contributed by atoms with Gasteiger partial charge in [0.05, 0.1) is 33.2 Å². The summed E-state index contributed by atoms with van der Waals surface area (Å²) in [5, 5.41) is 22.4. The highest BCUT2D eigenvalue weighted by molar-refractivity contribution is 6.22. The summed E-state index contributed by atoms with van der Waals surface area (Å²) in [5.74, 6) is -0.796. The van der Waals surface area contributed by atoms with Crippen molar-refractivity contribution in [1.29, 1.82) is 0 Å². The smallest absolute Gasteiger partial charge is 0.339 e. The van der Waals surface area contributed by atoms with Gasteiger partial charge in [0, 0.05) is 12.1 Å². The number of nitrogens with zero attached hydrogens (tertiary/aromatic N) is 2. The van der Waals surface area contributed by atoms with Gasteiger partial charge in [-0.25, -0.2) is 4.79 Å². The first-order valence-corrected chi connectivity index (χ1v) is 7.31. The minimum atomic E-state index is -0.796. The van der Waals surface area contributed by atoms with E-state index in [0.29, 0.717) is 0 Å². The number of hydrogen-bond donors (Lipinski definition) is 0. The summed E-state index contributed by atoms with van der Waals surface area (Å²) >= 11 is 0. The van der Waals surface area contributed by atoms with Crippen LogP contribution in [-0.4, -0.2) is 22.4 Å². The maximum Gasteiger partial charge on any atom is 0.339 e. The standard InChI is InChI=1S/C17H14N2O6/c1-2-25-17(20)14(13-8-4-6-10-16(13)19(23)24)11-12-7-3-5-9-15(12)18(21)22/h3-11H,2H2,1H3/b14-11+. The molecule has 8 heteroatoms. The fourth-order valence-corrected chi connectivity index (χ4v) is 2.25. The lowest BCUT2D eigenvalue weighted by Crippen LogP contribution is -2.08. The predicted octanol–water partition coefficient (Wildman–Crippen LogP) is 3.61. The molecular formula is C17H14N2O6. The Bertz CT molecular complexity index is 860. The molecule has 0 saturated heterocycles. The van der Waals surface area contributed by atoms with Gasteiger partial charge in [-0.15, -0.1) is 0 Å². The monoisotopic (exact) mass is 342 g/mol. The summed E-state index contributed by atoms with van der Waals surface area (Å²) in [6.07, 6.45) is 1.23. The third-order valence-corrected chi connectivity index (χ3v) is 3.32. The van der Waals surface area contributed by atoms with Gasteiger partial charge in [-0.1, -0.05) is 24.3 Å². The van der Waals surface area contributed by atoms with Crippen LogP contribution in [0.1, 0.15) is 18.1 Å². The summed E-state index contributed by atoms with van der Waals surface area (Å²) in [6, 6.07) is 11.5. The van der Waals surface area contributed by atoms with Crippen LogP contribution in [0.3, 0.4) is 0 Å². The van der Waals surface area contributed by atoms with Crippen molar-refractivity contribution in [3.63, 3.8) is 0 Å². The van der Waals surface area contributed by atoms with Gasteiger partial charge in [0.1, 0.15) is 0 Å². The van der Waals surface area contributed by atoms with Crippen molar-refractivity contribution in [1.82, 2.24) is 0 Å². The lowest BCUT2D eigenvalue weighted by molar-refractivity contribution is -0.385. The molecule has 0 saturated carbocycles. The zero-order chi connectivity index (χ0) is 18.4. The van der Waals surface area contributed by atoms with Gasteiger partial charge in [-0.05, 0) is 25.1 Å². The summed E-state index contributed by atoms with van der Waals surface area (Å²) in [7, 11) is 0. The number of carbonyl (C=O) groups is 1. The second-order valence-corrected chi connectivity index (χ2v) is 4.87. The molecule has 128 valence electrons. The first kappa shape index (κ1) is 17.8. The second kappa shape index (κ2) is 7.82. The van der Waals surface area contributed by atoms with Gasteiger partial charge in [0.15, 0.2) is 0 Å². The molecule has 0 amide bonds. The van der Waals surface area contributed by atoms with Gasteiger partial charge in [-0.2, -0.15) is 0 Å². The van der Waals surface area contributed by atoms with E-state index in [1.54, 1.807) is 13.0 Å². The predicted molar refractivity (Wildman–Crippen MR) is 90.7 cm³/mol. The van der Waals surface area contributed by atoms with E-state index in [1.165, 1.54) is 48.5 Å². The topological polar surface area (TPSA) is 113 Å². The molecule has 2 aromatic rings. The fraction of sp³-hybridized carbons (Fsp3) is 0.118. The van der Waals surface area contributed by atoms with E-state index in [1.807, 2.05) is 0 Å². The normalized spacial score (nSPS) is 11.0. The Morgan fingerprint density at radius 3 is 2.16 bits per heavy atom. The van der Waals surface area contributed by atoms with Crippen LogP contribution in [0.2, 0.25) is 0 Å². The number of carbonyl (C=O) groups excluding carboxylic acids is 1. The van der Waals surface area contributed by atoms with Crippen LogP contribution >= 0.6 is 0 Å². The lowest BCUT2D eigenvalue weighted by Gasteiger charge is -2.08. The third kappa shape index (κ3) is 4.05. The molecule has 0 unspecified atom stereocenters. The lowest BCUT2D eigenvalue weighted by atomic mass is 10.0. The highest BCUT2D eigenvalue weighted by atomic mass is 16.6. The minimum absolute atomic E-state index is 0.0316. The largest absolute Gasteiger partial charge is 0.462 e. The zero-order valence-corrected chi connectivity index (χ0v) is 13.2. The minimum Gasteiger partial charge on any atom is -0.462 e. The quantitative estimate of drug-likeness (QED) is 0.260. The van der Waals surface area contributed by atoms with E-state index < -0.39 is 15.8 Å². The number of nitro benzene ring substituents is 2. The fourth-order valence-electron chi connectivity index (χ4n) is 2.25. The maximum atomic E-state index is 12.3. The molecular weight excluding hydrogens is 328 g/mol. The average Bonchev–Trinajstić information content (AvgIpc) is 2.60. The number of hydrogen-bond acceptors (Lipinski definition) is 6. The Morgan fingerprint density at radius 1 is 1.00 bits per heavy atom. The van der Waals surface area contributed by atoms with Gasteiger partial charge in [-0.3, -0.25) is 20.2 Å². The van der Waals surface area contributed by atoms with Crippen LogP contribution in [-0.2, 0) is 9.53 Å². The van der Waals surface area contributed by atoms with Crippen LogP contribution in [0.4, 0.5) is 11.4 Å². The van der Waals surface area contributed by atoms with Crippen LogP contribution in [0.25, 0.3) is 11.6 Å². The number of rotatable bonds is 6. The van der Waals surface area contributed by atoms with Crippen LogP contribution < -0.4 is 0 Å². The molecule has 0 aliphatic rings. The molecule has 0 aliphatic carbocycles. The third-order valence-electron chi connectivity index (χ3n) is 3.32. The van der Waals surface area contributed by atoms with Gasteiger partial charge < -0.3 is 4.74 Å². The Balaban J connectivity index is 2.69. The van der Waals surface area contributed by atoms with Crippen LogP contribution in [0.5, 0.6) is 0 Å². The molecule has 0 bridgehead atoms. The van der Waals surface area contributed by atoms with Crippen molar-refractivity contribution in [3.05, 3.63) is 79.9 Å². The van der Waals surface area contributed by atoms with Gasteiger partial charge in [0.25, 0.3) is 11.4 Å². The molecule has 8 nitrogen and oxygen atoms in total. The van der Waals surface area contributed by atoms with Crippen LogP contribution in [0.15, 0.2) is 48.5 Å². The molecule has 0 atom stereocenters. The highest BCUT2D eigenvalue weighted by Crippen LogP contribution is 2.30. The first-order chi connectivity index (χ1) is 12.0. The second-order valence-electron chi connectivity index (χ2n) is 4.87. The molecule has 2 rings (SSSR count). The molecule has 0 heterocycles. The Labute approximate surface area is 142 Å². The van der Waals surface area contributed by atoms with E-state index in [-0.39, 0.29) is 34.7 Å². The Morgan fingerprint density at radius 2 is 1.56 bits per heavy atom. The maximum absolute atomic E-state index is 12.3. The van der Waals surface area contributed by atoms with Crippen molar-refractivity contribution in [2.45, 2.75) is 6.92 Å². The number of esters is 1.